The number of Topliss-reactive ketones (excluding diaryl/α,β-unsaturated/α-hetero) is 1. The number of hydrogen-bond donors (Lipinski definition) is 1. The lowest BCUT2D eigenvalue weighted by atomic mass is 10.2. The first-order valence-corrected chi connectivity index (χ1v) is 6.24. The number of carbonyl (C=O) groups excluding carboxylic acids is 1. The fraction of sp³-hybridized carbons (Fsp3) is 0.154. The summed E-state index contributed by atoms with van der Waals surface area (Å²) >= 11 is 1.06. The minimum atomic E-state index is -1.21. The van der Waals surface area contributed by atoms with Crippen LogP contribution in [0.15, 0.2) is 24.3 Å². The van der Waals surface area contributed by atoms with Crippen LogP contribution in [0.1, 0.15) is 27.1 Å². The molecule has 0 radical (unpaired) electrons. The molecule has 1 N–H and O–H groups in total. The molecular formula is C13H11NO4S. The van der Waals surface area contributed by atoms with Gasteiger partial charge in [-0.1, -0.05) is 12.1 Å². The third-order valence-electron chi connectivity index (χ3n) is 2.49. The van der Waals surface area contributed by atoms with Crippen molar-refractivity contribution in [3.8, 4) is 16.3 Å². The summed E-state index contributed by atoms with van der Waals surface area (Å²) in [6.07, 6.45) is 0. The lowest BCUT2D eigenvalue weighted by Gasteiger charge is -2.04. The molecule has 0 aliphatic heterocycles. The number of hydrogen-bond acceptors (Lipinski definition) is 5. The number of para-hydroxylation sites is 1. The second-order valence-corrected chi connectivity index (χ2v) is 4.76. The first-order chi connectivity index (χ1) is 9.04. The Labute approximate surface area is 113 Å². The van der Waals surface area contributed by atoms with Gasteiger partial charge in [0.05, 0.1) is 12.7 Å². The normalized spacial score (nSPS) is 10.2. The average molecular weight is 277 g/mol. The number of aromatic carboxylic acids is 1. The third-order valence-corrected chi connectivity index (χ3v) is 3.68. The quantitative estimate of drug-likeness (QED) is 0.869. The Bertz CT molecular complexity index is 616. The molecule has 0 amide bonds. The summed E-state index contributed by atoms with van der Waals surface area (Å²) in [6.45, 7) is 1.33. The molecule has 19 heavy (non-hydrogen) atoms. The molecule has 0 saturated heterocycles. The SMILES string of the molecule is COc1ccccc1-c1nc(C(=O)O)c(C(C)=O)s1. The number of benzene rings is 1. The Hall–Kier alpha value is -2.21. The summed E-state index contributed by atoms with van der Waals surface area (Å²) in [5.41, 5.74) is 0.461. The third kappa shape index (κ3) is 2.48. The first kappa shape index (κ1) is 13.2. The lowest BCUT2D eigenvalue weighted by Crippen LogP contribution is -2.03. The Morgan fingerprint density at radius 1 is 1.32 bits per heavy atom. The van der Waals surface area contributed by atoms with Crippen LogP contribution in [0.25, 0.3) is 10.6 Å². The molecule has 0 saturated carbocycles. The van der Waals surface area contributed by atoms with Crippen molar-refractivity contribution in [2.45, 2.75) is 6.92 Å². The molecule has 0 spiro atoms. The molecule has 1 aromatic heterocycles. The van der Waals surface area contributed by atoms with Crippen LogP contribution in [0.2, 0.25) is 0 Å². The highest BCUT2D eigenvalue weighted by molar-refractivity contribution is 7.17. The predicted octanol–water partition coefficient (Wildman–Crippen LogP) is 2.72. The summed E-state index contributed by atoms with van der Waals surface area (Å²) < 4.78 is 5.20. The first-order valence-electron chi connectivity index (χ1n) is 5.43. The topological polar surface area (TPSA) is 76.5 Å². The van der Waals surface area contributed by atoms with Crippen molar-refractivity contribution in [2.24, 2.45) is 0 Å². The highest BCUT2D eigenvalue weighted by atomic mass is 32.1. The maximum absolute atomic E-state index is 11.4. The van der Waals surface area contributed by atoms with Crippen LogP contribution in [0.5, 0.6) is 5.75 Å². The van der Waals surface area contributed by atoms with Crippen molar-refractivity contribution < 1.29 is 19.4 Å². The lowest BCUT2D eigenvalue weighted by molar-refractivity contribution is 0.0687. The van der Waals surface area contributed by atoms with E-state index < -0.39 is 5.97 Å². The second-order valence-electron chi connectivity index (χ2n) is 3.76. The molecule has 0 aliphatic carbocycles. The molecule has 0 bridgehead atoms. The van der Waals surface area contributed by atoms with Crippen LogP contribution in [-0.4, -0.2) is 29.0 Å². The van der Waals surface area contributed by atoms with Crippen LogP contribution in [-0.2, 0) is 0 Å². The maximum atomic E-state index is 11.4. The van der Waals surface area contributed by atoms with Crippen LogP contribution in [0.3, 0.4) is 0 Å². The number of carbonyl (C=O) groups is 2. The molecule has 2 rings (SSSR count). The predicted molar refractivity (Wildman–Crippen MR) is 71.1 cm³/mol. The van der Waals surface area contributed by atoms with E-state index in [1.807, 2.05) is 0 Å². The molecule has 0 aliphatic rings. The van der Waals surface area contributed by atoms with Crippen molar-refractivity contribution in [1.82, 2.24) is 4.98 Å². The van der Waals surface area contributed by atoms with Crippen LogP contribution >= 0.6 is 11.3 Å². The van der Waals surface area contributed by atoms with E-state index in [9.17, 15) is 9.59 Å². The fourth-order valence-electron chi connectivity index (χ4n) is 1.64. The number of rotatable bonds is 4. The highest BCUT2D eigenvalue weighted by Crippen LogP contribution is 2.34. The largest absolute Gasteiger partial charge is 0.496 e. The number of carboxylic acids is 1. The minimum absolute atomic E-state index is 0.147. The van der Waals surface area contributed by atoms with Crippen molar-refractivity contribution in [1.29, 1.82) is 0 Å². The van der Waals surface area contributed by atoms with Gasteiger partial charge in [-0.25, -0.2) is 9.78 Å². The van der Waals surface area contributed by atoms with Gasteiger partial charge in [-0.3, -0.25) is 4.79 Å². The van der Waals surface area contributed by atoms with Crippen molar-refractivity contribution in [2.75, 3.05) is 7.11 Å². The smallest absolute Gasteiger partial charge is 0.356 e. The van der Waals surface area contributed by atoms with Gasteiger partial charge in [0.2, 0.25) is 0 Å². The Balaban J connectivity index is 2.61. The molecule has 0 fully saturated rings. The molecule has 6 heteroatoms. The number of aromatic nitrogens is 1. The zero-order valence-corrected chi connectivity index (χ0v) is 11.2. The van der Waals surface area contributed by atoms with Crippen molar-refractivity contribution >= 4 is 23.1 Å². The number of ether oxygens (including phenoxy) is 1. The summed E-state index contributed by atoms with van der Waals surface area (Å²) in [5.74, 6) is -0.929. The van der Waals surface area contributed by atoms with Gasteiger partial charge in [-0.05, 0) is 12.1 Å². The van der Waals surface area contributed by atoms with E-state index >= 15 is 0 Å². The van der Waals surface area contributed by atoms with Gasteiger partial charge in [0.15, 0.2) is 11.5 Å². The Kier molecular flexibility index (Phi) is 3.62. The number of nitrogens with zero attached hydrogens (tertiary/aromatic N) is 1. The number of ketones is 1. The highest BCUT2D eigenvalue weighted by Gasteiger charge is 2.22. The summed E-state index contributed by atoms with van der Waals surface area (Å²) in [4.78, 5) is 26.7. The van der Waals surface area contributed by atoms with E-state index in [2.05, 4.69) is 4.98 Å². The molecule has 0 atom stereocenters. The van der Waals surface area contributed by atoms with Crippen LogP contribution in [0.4, 0.5) is 0 Å². The fourth-order valence-corrected chi connectivity index (χ4v) is 2.62. The zero-order valence-electron chi connectivity index (χ0n) is 10.3. The minimum Gasteiger partial charge on any atom is -0.496 e. The van der Waals surface area contributed by atoms with Gasteiger partial charge in [-0.2, -0.15) is 0 Å². The van der Waals surface area contributed by atoms with Gasteiger partial charge in [-0.15, -0.1) is 11.3 Å². The van der Waals surface area contributed by atoms with E-state index in [0.29, 0.717) is 16.3 Å². The van der Waals surface area contributed by atoms with Crippen LogP contribution < -0.4 is 4.74 Å². The summed E-state index contributed by atoms with van der Waals surface area (Å²) in [6, 6.07) is 7.13. The average Bonchev–Trinajstić information content (AvgIpc) is 2.84. The van der Waals surface area contributed by atoms with Gasteiger partial charge in [0, 0.05) is 6.92 Å². The monoisotopic (exact) mass is 277 g/mol. The summed E-state index contributed by atoms with van der Waals surface area (Å²) in [7, 11) is 1.52. The molecule has 2 aromatic rings. The second kappa shape index (κ2) is 5.19. The number of thiazole rings is 1. The van der Waals surface area contributed by atoms with Gasteiger partial charge in [0.25, 0.3) is 0 Å². The van der Waals surface area contributed by atoms with Crippen LogP contribution in [0, 0.1) is 0 Å². The molecular weight excluding hydrogens is 266 g/mol. The zero-order chi connectivity index (χ0) is 14.0. The Morgan fingerprint density at radius 3 is 2.53 bits per heavy atom. The molecule has 5 nitrogen and oxygen atoms in total. The number of carboxylic acid groups (broad SMARTS) is 1. The summed E-state index contributed by atoms with van der Waals surface area (Å²) in [5, 5.41) is 9.52. The van der Waals surface area contributed by atoms with E-state index in [0.717, 1.165) is 11.3 Å². The van der Waals surface area contributed by atoms with Crippen molar-refractivity contribution in [3.05, 3.63) is 34.8 Å². The van der Waals surface area contributed by atoms with Crippen molar-refractivity contribution in [3.63, 3.8) is 0 Å². The van der Waals surface area contributed by atoms with Gasteiger partial charge < -0.3 is 9.84 Å². The molecule has 98 valence electrons. The van der Waals surface area contributed by atoms with E-state index in [4.69, 9.17) is 9.84 Å². The van der Waals surface area contributed by atoms with E-state index in [1.54, 1.807) is 24.3 Å². The maximum Gasteiger partial charge on any atom is 0.356 e. The van der Waals surface area contributed by atoms with E-state index in [-0.39, 0.29) is 16.4 Å². The van der Waals surface area contributed by atoms with Gasteiger partial charge >= 0.3 is 5.97 Å². The van der Waals surface area contributed by atoms with Gasteiger partial charge in [0.1, 0.15) is 15.6 Å². The molecule has 1 aromatic carbocycles. The number of methoxy groups -OCH3 is 1. The molecule has 0 unspecified atom stereocenters. The molecule has 1 heterocycles. The Morgan fingerprint density at radius 2 is 2.00 bits per heavy atom. The standard InChI is InChI=1S/C13H11NO4S/c1-7(15)11-10(13(16)17)14-12(19-11)8-5-3-4-6-9(8)18-2/h3-6H,1-2H3,(H,16,17). The van der Waals surface area contributed by atoms with E-state index in [1.165, 1.54) is 14.0 Å².